The first-order valence-corrected chi connectivity index (χ1v) is 7.69. The van der Waals surface area contributed by atoms with E-state index in [4.69, 9.17) is 21.7 Å². The Balaban J connectivity index is 2.19. The van der Waals surface area contributed by atoms with E-state index in [0.29, 0.717) is 22.9 Å². The monoisotopic (exact) mass is 368 g/mol. The third kappa shape index (κ3) is 5.18. The number of nitrogens with one attached hydrogen (secondary N) is 2. The molecule has 0 heterocycles. The molecule has 0 saturated heterocycles. The van der Waals surface area contributed by atoms with Crippen molar-refractivity contribution in [2.45, 2.75) is 13.5 Å². The van der Waals surface area contributed by atoms with Crippen molar-refractivity contribution < 1.29 is 23.0 Å². The number of hydrogen-bond acceptors (Lipinski definition) is 4. The molecule has 0 aliphatic rings. The van der Waals surface area contributed by atoms with Gasteiger partial charge < -0.3 is 24.8 Å². The number of hydrogen-bond donors (Lipinski definition) is 2. The molecule has 0 unspecified atom stereocenters. The zero-order valence-electron chi connectivity index (χ0n) is 13.9. The summed E-state index contributed by atoms with van der Waals surface area (Å²) in [7, 11) is 3.07. The lowest BCUT2D eigenvalue weighted by atomic mass is 10.2. The van der Waals surface area contributed by atoms with Crippen molar-refractivity contribution in [3.63, 3.8) is 0 Å². The van der Waals surface area contributed by atoms with Gasteiger partial charge >= 0.3 is 6.61 Å². The van der Waals surface area contributed by atoms with E-state index in [-0.39, 0.29) is 10.9 Å². The Morgan fingerprint density at radius 3 is 2.20 bits per heavy atom. The minimum atomic E-state index is -2.93. The molecule has 0 atom stereocenters. The fourth-order valence-corrected chi connectivity index (χ4v) is 2.35. The van der Waals surface area contributed by atoms with Crippen molar-refractivity contribution in [3.8, 4) is 17.2 Å². The highest BCUT2D eigenvalue weighted by Crippen LogP contribution is 2.30. The lowest BCUT2D eigenvalue weighted by Crippen LogP contribution is -2.20. The van der Waals surface area contributed by atoms with E-state index in [1.54, 1.807) is 37.4 Å². The summed E-state index contributed by atoms with van der Waals surface area (Å²) >= 11 is 5.26. The van der Waals surface area contributed by atoms with Crippen LogP contribution in [0.3, 0.4) is 0 Å². The van der Waals surface area contributed by atoms with Crippen LogP contribution in [0, 0.1) is 6.92 Å². The zero-order valence-corrected chi connectivity index (χ0v) is 14.7. The summed E-state index contributed by atoms with van der Waals surface area (Å²) < 4.78 is 40.0. The highest BCUT2D eigenvalue weighted by molar-refractivity contribution is 7.80. The predicted molar refractivity (Wildman–Crippen MR) is 97.2 cm³/mol. The largest absolute Gasteiger partial charge is 0.497 e. The Bertz CT molecular complexity index is 757. The number of rotatable bonds is 6. The minimum Gasteiger partial charge on any atom is -0.497 e. The second-order valence-electron chi connectivity index (χ2n) is 5.02. The van der Waals surface area contributed by atoms with Crippen molar-refractivity contribution >= 4 is 28.7 Å². The summed E-state index contributed by atoms with van der Waals surface area (Å²) in [6.45, 7) is -1.10. The van der Waals surface area contributed by atoms with Crippen LogP contribution in [-0.4, -0.2) is 25.9 Å². The first-order valence-electron chi connectivity index (χ1n) is 7.28. The maximum Gasteiger partial charge on any atom is 0.387 e. The Labute approximate surface area is 149 Å². The van der Waals surface area contributed by atoms with E-state index in [9.17, 15) is 8.78 Å². The number of halogens is 2. The maximum atomic E-state index is 12.5. The molecule has 0 aliphatic carbocycles. The Kier molecular flexibility index (Phi) is 6.35. The number of anilines is 2. The van der Waals surface area contributed by atoms with Crippen LogP contribution in [0.2, 0.25) is 0 Å². The van der Waals surface area contributed by atoms with Crippen LogP contribution >= 0.6 is 12.2 Å². The van der Waals surface area contributed by atoms with E-state index in [2.05, 4.69) is 15.4 Å². The van der Waals surface area contributed by atoms with Crippen molar-refractivity contribution in [3.05, 3.63) is 42.0 Å². The van der Waals surface area contributed by atoms with Gasteiger partial charge in [-0.05, 0) is 49.0 Å². The molecule has 0 amide bonds. The number of thiocarbonyl (C=S) groups is 1. The van der Waals surface area contributed by atoms with Crippen LogP contribution in [0.1, 0.15) is 5.56 Å². The second kappa shape index (κ2) is 8.48. The van der Waals surface area contributed by atoms with Crippen molar-refractivity contribution in [2.75, 3.05) is 24.9 Å². The molecule has 0 bridgehead atoms. The number of aryl methyl sites for hydroxylation is 1. The van der Waals surface area contributed by atoms with Crippen molar-refractivity contribution in [1.82, 2.24) is 0 Å². The van der Waals surface area contributed by atoms with Crippen LogP contribution in [0.15, 0.2) is 36.4 Å². The molecule has 0 aromatic heterocycles. The third-order valence-corrected chi connectivity index (χ3v) is 3.46. The van der Waals surface area contributed by atoms with Crippen LogP contribution in [0.5, 0.6) is 17.2 Å². The van der Waals surface area contributed by atoms with Gasteiger partial charge in [0, 0.05) is 6.07 Å². The fraction of sp³-hybridized carbons (Fsp3) is 0.235. The molecule has 2 aromatic carbocycles. The summed E-state index contributed by atoms with van der Waals surface area (Å²) in [6.07, 6.45) is 0. The maximum absolute atomic E-state index is 12.5. The fourth-order valence-electron chi connectivity index (χ4n) is 2.13. The molecule has 0 aliphatic heterocycles. The molecule has 0 radical (unpaired) electrons. The molecule has 2 aromatic rings. The summed E-state index contributed by atoms with van der Waals surface area (Å²) in [4.78, 5) is 0. The van der Waals surface area contributed by atoms with E-state index in [0.717, 1.165) is 5.56 Å². The molecular weight excluding hydrogens is 350 g/mol. The van der Waals surface area contributed by atoms with Gasteiger partial charge in [-0.1, -0.05) is 6.07 Å². The Morgan fingerprint density at radius 1 is 0.960 bits per heavy atom. The summed E-state index contributed by atoms with van der Waals surface area (Å²) in [6, 6.07) is 9.97. The van der Waals surface area contributed by atoms with Gasteiger partial charge in [0.2, 0.25) is 0 Å². The lowest BCUT2D eigenvalue weighted by molar-refractivity contribution is -0.0493. The second-order valence-corrected chi connectivity index (χ2v) is 5.43. The van der Waals surface area contributed by atoms with E-state index in [1.165, 1.54) is 13.2 Å². The molecule has 0 saturated carbocycles. The van der Waals surface area contributed by atoms with E-state index >= 15 is 0 Å². The lowest BCUT2D eigenvalue weighted by Gasteiger charge is -2.17. The van der Waals surface area contributed by atoms with Gasteiger partial charge in [0.25, 0.3) is 0 Å². The van der Waals surface area contributed by atoms with Gasteiger partial charge in [0.1, 0.15) is 17.2 Å². The van der Waals surface area contributed by atoms with Gasteiger partial charge in [-0.15, -0.1) is 0 Å². The zero-order chi connectivity index (χ0) is 18.4. The Hall–Kier alpha value is -2.61. The predicted octanol–water partition coefficient (Wildman–Crippen LogP) is 4.42. The average Bonchev–Trinajstić information content (AvgIpc) is 2.56. The highest BCUT2D eigenvalue weighted by atomic mass is 32.1. The molecule has 5 nitrogen and oxygen atoms in total. The first-order chi connectivity index (χ1) is 11.9. The topological polar surface area (TPSA) is 51.8 Å². The SMILES string of the molecule is COc1ccc(OC)c(NC(=S)Nc2cc(C)ccc2OC(F)F)c1. The van der Waals surface area contributed by atoms with E-state index < -0.39 is 6.61 Å². The van der Waals surface area contributed by atoms with E-state index in [1.807, 2.05) is 6.92 Å². The van der Waals surface area contributed by atoms with Gasteiger partial charge in [-0.2, -0.15) is 8.78 Å². The first kappa shape index (κ1) is 18.7. The van der Waals surface area contributed by atoms with Gasteiger partial charge in [0.15, 0.2) is 5.11 Å². The standard InChI is InChI=1S/C17H18F2N2O3S/c1-10-4-6-15(24-16(18)19)12(8-10)20-17(25)21-13-9-11(22-2)5-7-14(13)23-3/h4-9,16H,1-3H3,(H2,20,21,25). The minimum absolute atomic E-state index is 0.00218. The summed E-state index contributed by atoms with van der Waals surface area (Å²) in [5, 5.41) is 6.01. The van der Waals surface area contributed by atoms with Crippen LogP contribution in [0.25, 0.3) is 0 Å². The molecule has 0 fully saturated rings. The molecule has 2 rings (SSSR count). The van der Waals surface area contributed by atoms with Crippen LogP contribution < -0.4 is 24.8 Å². The summed E-state index contributed by atoms with van der Waals surface area (Å²) in [5.41, 5.74) is 1.77. The normalized spacial score (nSPS) is 10.3. The average molecular weight is 368 g/mol. The Morgan fingerprint density at radius 2 is 1.60 bits per heavy atom. The quantitative estimate of drug-likeness (QED) is 0.736. The van der Waals surface area contributed by atoms with Gasteiger partial charge in [0.05, 0.1) is 25.6 Å². The molecule has 2 N–H and O–H groups in total. The number of methoxy groups -OCH3 is 2. The molecular formula is C17H18F2N2O3S. The highest BCUT2D eigenvalue weighted by Gasteiger charge is 2.12. The number of benzene rings is 2. The molecule has 25 heavy (non-hydrogen) atoms. The van der Waals surface area contributed by atoms with Crippen molar-refractivity contribution in [1.29, 1.82) is 0 Å². The smallest absolute Gasteiger partial charge is 0.387 e. The summed E-state index contributed by atoms with van der Waals surface area (Å²) in [5.74, 6) is 1.17. The molecule has 134 valence electrons. The van der Waals surface area contributed by atoms with Crippen molar-refractivity contribution in [2.24, 2.45) is 0 Å². The number of ether oxygens (including phenoxy) is 3. The van der Waals surface area contributed by atoms with Crippen LogP contribution in [0.4, 0.5) is 20.2 Å². The van der Waals surface area contributed by atoms with Crippen LogP contribution in [-0.2, 0) is 0 Å². The van der Waals surface area contributed by atoms with Gasteiger partial charge in [-0.25, -0.2) is 0 Å². The molecule has 8 heteroatoms. The number of alkyl halides is 2. The third-order valence-electron chi connectivity index (χ3n) is 3.25. The molecule has 0 spiro atoms. The van der Waals surface area contributed by atoms with Gasteiger partial charge in [-0.3, -0.25) is 0 Å².